The molecule has 0 atom stereocenters. The first kappa shape index (κ1) is 18.9. The van der Waals surface area contributed by atoms with E-state index in [1.54, 1.807) is 0 Å². The summed E-state index contributed by atoms with van der Waals surface area (Å²) in [7, 11) is 0. The number of likely N-dealkylation sites (tertiary alicyclic amines) is 1. The molecule has 1 spiro atoms. The second-order valence-corrected chi connectivity index (χ2v) is 7.15. The molecule has 2 fully saturated rings. The smallest absolute Gasteiger partial charge is 0.381 e. The third kappa shape index (κ3) is 4.66. The number of carbonyl (C=O) groups excluding carboxylic acids is 1. The minimum atomic E-state index is -4.38. The molecule has 0 unspecified atom stereocenters. The van der Waals surface area contributed by atoms with Crippen LogP contribution in [0.25, 0.3) is 0 Å². The van der Waals surface area contributed by atoms with Crippen LogP contribution in [-0.2, 0) is 17.3 Å². The van der Waals surface area contributed by atoms with Crippen molar-refractivity contribution in [3.63, 3.8) is 0 Å². The molecule has 2 aliphatic heterocycles. The number of nitrogens with zero attached hydrogens (tertiary/aromatic N) is 2. The Bertz CT molecular complexity index is 625. The highest BCUT2D eigenvalue weighted by Gasteiger charge is 2.38. The van der Waals surface area contributed by atoms with Gasteiger partial charge in [-0.1, -0.05) is 0 Å². The number of hydrogen-bond donors (Lipinski definition) is 1. The van der Waals surface area contributed by atoms with Crippen LogP contribution in [0.2, 0.25) is 0 Å². The predicted molar refractivity (Wildman–Crippen MR) is 89.6 cm³/mol. The van der Waals surface area contributed by atoms with E-state index in [-0.39, 0.29) is 24.4 Å². The molecule has 0 bridgehead atoms. The molecule has 26 heavy (non-hydrogen) atoms. The van der Waals surface area contributed by atoms with Crippen LogP contribution in [0, 0.1) is 5.41 Å². The summed E-state index contributed by atoms with van der Waals surface area (Å²) in [5.74, 6) is 0. The number of hydrogen-bond acceptors (Lipinski definition) is 3. The Morgan fingerprint density at radius 1 is 1.31 bits per heavy atom. The molecule has 0 aliphatic carbocycles. The van der Waals surface area contributed by atoms with Crippen LogP contribution < -0.4 is 5.32 Å². The van der Waals surface area contributed by atoms with E-state index in [0.717, 1.165) is 70.3 Å². The van der Waals surface area contributed by atoms with Crippen molar-refractivity contribution in [2.75, 3.05) is 32.8 Å². The maximum atomic E-state index is 12.7. The number of carbonyl (C=O) groups is 1. The van der Waals surface area contributed by atoms with Crippen LogP contribution in [0.15, 0.2) is 18.3 Å². The predicted octanol–water partition coefficient (Wildman–Crippen LogP) is 3.25. The first-order chi connectivity index (χ1) is 12.4. The van der Waals surface area contributed by atoms with Gasteiger partial charge in [-0.15, -0.1) is 0 Å². The Kier molecular flexibility index (Phi) is 5.70. The topological polar surface area (TPSA) is 54.5 Å². The quantitative estimate of drug-likeness (QED) is 0.888. The normalized spacial score (nSPS) is 20.2. The fourth-order valence-electron chi connectivity index (χ4n) is 3.79. The molecule has 2 aliphatic rings. The van der Waals surface area contributed by atoms with Crippen LogP contribution in [0.5, 0.6) is 0 Å². The maximum Gasteiger partial charge on any atom is 0.416 e. The minimum Gasteiger partial charge on any atom is -0.381 e. The summed E-state index contributed by atoms with van der Waals surface area (Å²) in [6.07, 6.45) is 1.08. The van der Waals surface area contributed by atoms with Crippen LogP contribution in [0.1, 0.15) is 36.9 Å². The van der Waals surface area contributed by atoms with Gasteiger partial charge in [0.2, 0.25) is 0 Å². The van der Waals surface area contributed by atoms with Gasteiger partial charge in [0.05, 0.1) is 5.56 Å². The van der Waals surface area contributed by atoms with Gasteiger partial charge in [0.15, 0.2) is 0 Å². The van der Waals surface area contributed by atoms with Crippen molar-refractivity contribution in [2.45, 2.75) is 38.3 Å². The van der Waals surface area contributed by atoms with Gasteiger partial charge >= 0.3 is 12.2 Å². The molecule has 1 aromatic rings. The molecule has 144 valence electrons. The van der Waals surface area contributed by atoms with E-state index >= 15 is 0 Å². The van der Waals surface area contributed by atoms with Gasteiger partial charge in [0.25, 0.3) is 0 Å². The minimum absolute atomic E-state index is 0.150. The molecule has 2 amide bonds. The molecule has 1 N–H and O–H groups in total. The van der Waals surface area contributed by atoms with Crippen molar-refractivity contribution in [3.05, 3.63) is 29.6 Å². The average Bonchev–Trinajstić information content (AvgIpc) is 2.62. The standard InChI is InChI=1S/C18H24F3N3O2/c19-18(20,21)14-2-7-22-15(12-14)3-8-23-16(25)24-9-1-4-17(13-24)5-10-26-11-6-17/h2,7,12H,1,3-6,8-11,13H2,(H,23,25). The lowest BCUT2D eigenvalue weighted by atomic mass is 9.74. The first-order valence-electron chi connectivity index (χ1n) is 9.01. The Labute approximate surface area is 150 Å². The Morgan fingerprint density at radius 3 is 2.81 bits per heavy atom. The lowest BCUT2D eigenvalue weighted by Gasteiger charge is -2.45. The zero-order valence-electron chi connectivity index (χ0n) is 14.6. The second kappa shape index (κ2) is 7.82. The van der Waals surface area contributed by atoms with Crippen LogP contribution in [-0.4, -0.2) is 48.8 Å². The van der Waals surface area contributed by atoms with Crippen molar-refractivity contribution >= 4 is 6.03 Å². The number of pyridine rings is 1. The highest BCUT2D eigenvalue weighted by Crippen LogP contribution is 2.39. The molecule has 3 rings (SSSR count). The molecule has 8 heteroatoms. The summed E-state index contributed by atoms with van der Waals surface area (Å²) in [6, 6.07) is 1.83. The number of halogens is 3. The summed E-state index contributed by atoms with van der Waals surface area (Å²) < 4.78 is 43.6. The summed E-state index contributed by atoms with van der Waals surface area (Å²) in [5, 5.41) is 2.82. The SMILES string of the molecule is O=C(NCCc1cc(C(F)(F)F)ccn1)N1CCCC2(CCOCC2)C1. The summed E-state index contributed by atoms with van der Waals surface area (Å²) in [5.41, 5.74) is -0.234. The number of aromatic nitrogens is 1. The molecule has 1 aromatic heterocycles. The molecule has 0 radical (unpaired) electrons. The number of nitrogens with one attached hydrogen (secondary N) is 1. The molecular weight excluding hydrogens is 347 g/mol. The average molecular weight is 371 g/mol. The number of urea groups is 1. The molecule has 0 saturated carbocycles. The Hall–Kier alpha value is -1.83. The van der Waals surface area contributed by atoms with Crippen molar-refractivity contribution < 1.29 is 22.7 Å². The molecule has 3 heterocycles. The number of piperidine rings is 1. The lowest BCUT2D eigenvalue weighted by Crippen LogP contribution is -2.51. The largest absolute Gasteiger partial charge is 0.416 e. The van der Waals surface area contributed by atoms with E-state index in [0.29, 0.717) is 5.69 Å². The highest BCUT2D eigenvalue weighted by atomic mass is 19.4. The van der Waals surface area contributed by atoms with Gasteiger partial charge < -0.3 is 15.0 Å². The molecule has 0 aromatic carbocycles. The molecular formula is C18H24F3N3O2. The molecule has 5 nitrogen and oxygen atoms in total. The Balaban J connectivity index is 1.50. The monoisotopic (exact) mass is 371 g/mol. The number of alkyl halides is 3. The van der Waals surface area contributed by atoms with Crippen LogP contribution >= 0.6 is 0 Å². The van der Waals surface area contributed by atoms with E-state index in [2.05, 4.69) is 10.3 Å². The van der Waals surface area contributed by atoms with Crippen molar-refractivity contribution in [1.29, 1.82) is 0 Å². The third-order valence-corrected chi connectivity index (χ3v) is 5.30. The maximum absolute atomic E-state index is 12.7. The Morgan fingerprint density at radius 2 is 2.08 bits per heavy atom. The van der Waals surface area contributed by atoms with Gasteiger partial charge in [-0.2, -0.15) is 13.2 Å². The van der Waals surface area contributed by atoms with Gasteiger partial charge in [-0.25, -0.2) is 4.79 Å². The van der Waals surface area contributed by atoms with Crippen LogP contribution in [0.4, 0.5) is 18.0 Å². The number of rotatable bonds is 3. The fourth-order valence-corrected chi connectivity index (χ4v) is 3.79. The number of amides is 2. The van der Waals surface area contributed by atoms with Crippen molar-refractivity contribution in [3.8, 4) is 0 Å². The zero-order chi connectivity index (χ0) is 18.6. The van der Waals surface area contributed by atoms with Crippen LogP contribution in [0.3, 0.4) is 0 Å². The summed E-state index contributed by atoms with van der Waals surface area (Å²) in [4.78, 5) is 18.2. The number of ether oxygens (including phenoxy) is 1. The lowest BCUT2D eigenvalue weighted by molar-refractivity contribution is -0.137. The highest BCUT2D eigenvalue weighted by molar-refractivity contribution is 5.74. The van der Waals surface area contributed by atoms with Gasteiger partial charge in [0, 0.05) is 51.2 Å². The van der Waals surface area contributed by atoms with E-state index in [9.17, 15) is 18.0 Å². The van der Waals surface area contributed by atoms with Gasteiger partial charge in [-0.3, -0.25) is 4.98 Å². The van der Waals surface area contributed by atoms with E-state index in [1.165, 1.54) is 0 Å². The molecule has 2 saturated heterocycles. The van der Waals surface area contributed by atoms with E-state index < -0.39 is 11.7 Å². The van der Waals surface area contributed by atoms with Crippen molar-refractivity contribution in [2.24, 2.45) is 5.41 Å². The van der Waals surface area contributed by atoms with Gasteiger partial charge in [0.1, 0.15) is 0 Å². The van der Waals surface area contributed by atoms with Crippen molar-refractivity contribution in [1.82, 2.24) is 15.2 Å². The summed E-state index contributed by atoms with van der Waals surface area (Å²) >= 11 is 0. The zero-order valence-corrected chi connectivity index (χ0v) is 14.6. The van der Waals surface area contributed by atoms with Gasteiger partial charge in [-0.05, 0) is 43.2 Å². The van der Waals surface area contributed by atoms with E-state index in [1.807, 2.05) is 4.90 Å². The van der Waals surface area contributed by atoms with E-state index in [4.69, 9.17) is 4.74 Å². The second-order valence-electron chi connectivity index (χ2n) is 7.15. The summed E-state index contributed by atoms with van der Waals surface area (Å²) in [6.45, 7) is 3.20. The third-order valence-electron chi connectivity index (χ3n) is 5.30. The first-order valence-corrected chi connectivity index (χ1v) is 9.01. The fraction of sp³-hybridized carbons (Fsp3) is 0.667.